The SMILES string of the molecule is CCCCOC(=O)/C(CCCCCC(C)C)=C(/CCCCCC(C)C)C(=O)OCCCC.[SnH2]. The normalized spacial score (nSPS) is 11.9. The standard InChI is InChI=1S/C28H52O4.Sn.2H/c1-7-9-21-31-27(29)25(19-15-11-13-17-23(3)4)26(28(30)32-22-10-8-2)20-16-12-14-18-24(5)6;;;/h23-24H,7-22H2,1-6H3;;;/b26-25-;;;. The van der Waals surface area contributed by atoms with Crippen molar-refractivity contribution in [2.75, 3.05) is 13.2 Å². The molecule has 5 heteroatoms. The zero-order valence-corrected chi connectivity index (χ0v) is 26.8. The molecule has 0 N–H and O–H groups in total. The van der Waals surface area contributed by atoms with E-state index in [2.05, 4.69) is 41.5 Å². The van der Waals surface area contributed by atoms with Gasteiger partial charge in [0.25, 0.3) is 0 Å². The molecule has 0 aliphatic carbocycles. The van der Waals surface area contributed by atoms with Gasteiger partial charge in [0.1, 0.15) is 0 Å². The molecule has 0 atom stereocenters. The van der Waals surface area contributed by atoms with Gasteiger partial charge >= 0.3 is 35.8 Å². The van der Waals surface area contributed by atoms with E-state index < -0.39 is 0 Å². The molecule has 4 nitrogen and oxygen atoms in total. The Morgan fingerprint density at radius 2 is 0.939 bits per heavy atom. The fourth-order valence-electron chi connectivity index (χ4n) is 3.61. The molecule has 0 aliphatic rings. The van der Waals surface area contributed by atoms with Gasteiger partial charge in [0, 0.05) is 11.1 Å². The number of carbonyl (C=O) groups is 2. The van der Waals surface area contributed by atoms with E-state index in [1.807, 2.05) is 0 Å². The van der Waals surface area contributed by atoms with Crippen LogP contribution in [-0.2, 0) is 19.1 Å². The molecule has 0 aromatic carbocycles. The summed E-state index contributed by atoms with van der Waals surface area (Å²) in [5, 5.41) is 0. The third kappa shape index (κ3) is 19.5. The molecular formula is C28H54O4Sn. The van der Waals surface area contributed by atoms with E-state index in [4.69, 9.17) is 9.47 Å². The molecule has 0 fully saturated rings. The zero-order valence-electron chi connectivity index (χ0n) is 22.8. The van der Waals surface area contributed by atoms with Gasteiger partial charge in [-0.1, -0.05) is 92.9 Å². The minimum atomic E-state index is -0.313. The molecule has 0 unspecified atom stereocenters. The first-order chi connectivity index (χ1) is 15.3. The summed E-state index contributed by atoms with van der Waals surface area (Å²) in [4.78, 5) is 25.9. The second kappa shape index (κ2) is 23.2. The number of hydrogen-bond donors (Lipinski definition) is 0. The Morgan fingerprint density at radius 1 is 0.576 bits per heavy atom. The van der Waals surface area contributed by atoms with Crippen LogP contribution in [0.4, 0.5) is 0 Å². The number of ether oxygens (including phenoxy) is 2. The Balaban J connectivity index is 0. The van der Waals surface area contributed by atoms with E-state index in [9.17, 15) is 9.59 Å². The molecule has 2 radical (unpaired) electrons. The predicted octanol–water partition coefficient (Wildman–Crippen LogP) is 7.27. The van der Waals surface area contributed by atoms with Crippen molar-refractivity contribution in [1.29, 1.82) is 0 Å². The monoisotopic (exact) mass is 574 g/mol. The molecule has 0 amide bonds. The number of rotatable bonds is 20. The van der Waals surface area contributed by atoms with E-state index in [0.717, 1.165) is 64.2 Å². The average molecular weight is 573 g/mol. The first-order valence-electron chi connectivity index (χ1n) is 13.4. The Kier molecular flexibility index (Phi) is 24.4. The second-order valence-corrected chi connectivity index (χ2v) is 9.92. The maximum atomic E-state index is 13.0. The molecule has 33 heavy (non-hydrogen) atoms. The molecule has 0 heterocycles. The summed E-state index contributed by atoms with van der Waals surface area (Å²) >= 11 is 0. The van der Waals surface area contributed by atoms with Gasteiger partial charge in [0.05, 0.1) is 13.2 Å². The van der Waals surface area contributed by atoms with Gasteiger partial charge in [-0.3, -0.25) is 0 Å². The van der Waals surface area contributed by atoms with Crippen LogP contribution in [0.25, 0.3) is 0 Å². The van der Waals surface area contributed by atoms with Crippen LogP contribution in [0, 0.1) is 11.8 Å². The molecule has 0 aromatic heterocycles. The average Bonchev–Trinajstić information content (AvgIpc) is 2.73. The van der Waals surface area contributed by atoms with Crippen LogP contribution in [0.1, 0.15) is 131 Å². The van der Waals surface area contributed by atoms with E-state index >= 15 is 0 Å². The molecule has 0 bridgehead atoms. The molecule has 194 valence electrons. The number of unbranched alkanes of at least 4 members (excludes halogenated alkanes) is 6. The van der Waals surface area contributed by atoms with Crippen molar-refractivity contribution in [3.63, 3.8) is 0 Å². The van der Waals surface area contributed by atoms with Gasteiger partial charge in [-0.05, 0) is 50.4 Å². The molecule has 0 aromatic rings. The third-order valence-electron chi connectivity index (χ3n) is 5.74. The van der Waals surface area contributed by atoms with Crippen molar-refractivity contribution in [3.8, 4) is 0 Å². The maximum absolute atomic E-state index is 13.0. The molecule has 0 spiro atoms. The Labute approximate surface area is 222 Å². The zero-order chi connectivity index (χ0) is 24.2. The van der Waals surface area contributed by atoms with Gasteiger partial charge in [-0.2, -0.15) is 0 Å². The summed E-state index contributed by atoms with van der Waals surface area (Å²) in [6.45, 7) is 13.9. The number of esters is 2. The Hall–Kier alpha value is -0.521. The summed E-state index contributed by atoms with van der Waals surface area (Å²) in [5.41, 5.74) is 1.13. The Morgan fingerprint density at radius 3 is 1.24 bits per heavy atom. The van der Waals surface area contributed by atoms with E-state index in [-0.39, 0.29) is 35.8 Å². The van der Waals surface area contributed by atoms with E-state index in [1.54, 1.807) is 0 Å². The minimum absolute atomic E-state index is 0. The van der Waals surface area contributed by atoms with Crippen LogP contribution in [0.2, 0.25) is 0 Å². The predicted molar refractivity (Wildman–Crippen MR) is 143 cm³/mol. The third-order valence-corrected chi connectivity index (χ3v) is 5.74. The van der Waals surface area contributed by atoms with Gasteiger partial charge < -0.3 is 9.47 Å². The molecule has 0 rings (SSSR count). The molecular weight excluding hydrogens is 519 g/mol. The summed E-state index contributed by atoms with van der Waals surface area (Å²) in [5.74, 6) is 0.761. The molecule has 0 saturated carbocycles. The van der Waals surface area contributed by atoms with Crippen LogP contribution in [0.5, 0.6) is 0 Å². The fourth-order valence-corrected chi connectivity index (χ4v) is 3.61. The summed E-state index contributed by atoms with van der Waals surface area (Å²) in [6, 6.07) is 0. The van der Waals surface area contributed by atoms with Crippen molar-refractivity contribution in [2.45, 2.75) is 131 Å². The summed E-state index contributed by atoms with van der Waals surface area (Å²) < 4.78 is 11.1. The van der Waals surface area contributed by atoms with Crippen molar-refractivity contribution < 1.29 is 19.1 Å². The number of carbonyl (C=O) groups excluding carboxylic acids is 2. The van der Waals surface area contributed by atoms with Crippen molar-refractivity contribution in [1.82, 2.24) is 0 Å². The van der Waals surface area contributed by atoms with Crippen LogP contribution >= 0.6 is 0 Å². The second-order valence-electron chi connectivity index (χ2n) is 9.92. The first kappa shape index (κ1) is 34.6. The fraction of sp³-hybridized carbons (Fsp3) is 0.857. The first-order valence-corrected chi connectivity index (χ1v) is 13.4. The quantitative estimate of drug-likeness (QED) is 0.0666. The van der Waals surface area contributed by atoms with E-state index in [1.165, 1.54) is 12.8 Å². The van der Waals surface area contributed by atoms with Crippen molar-refractivity contribution in [2.24, 2.45) is 11.8 Å². The van der Waals surface area contributed by atoms with Gasteiger partial charge in [-0.15, -0.1) is 0 Å². The molecule has 0 saturated heterocycles. The van der Waals surface area contributed by atoms with Crippen LogP contribution in [0.3, 0.4) is 0 Å². The van der Waals surface area contributed by atoms with E-state index in [0.29, 0.717) is 49.0 Å². The molecule has 0 aliphatic heterocycles. The Bertz CT molecular complexity index is 480. The van der Waals surface area contributed by atoms with Gasteiger partial charge in [0.2, 0.25) is 0 Å². The van der Waals surface area contributed by atoms with Crippen LogP contribution < -0.4 is 0 Å². The van der Waals surface area contributed by atoms with Gasteiger partial charge in [0.15, 0.2) is 0 Å². The summed E-state index contributed by atoms with van der Waals surface area (Å²) in [7, 11) is 0. The topological polar surface area (TPSA) is 52.6 Å². The van der Waals surface area contributed by atoms with Crippen molar-refractivity contribution in [3.05, 3.63) is 11.1 Å². The van der Waals surface area contributed by atoms with Crippen molar-refractivity contribution >= 4 is 35.8 Å². The number of hydrogen-bond acceptors (Lipinski definition) is 4. The van der Waals surface area contributed by atoms with Crippen LogP contribution in [-0.4, -0.2) is 49.1 Å². The van der Waals surface area contributed by atoms with Crippen LogP contribution in [0.15, 0.2) is 11.1 Å². The van der Waals surface area contributed by atoms with Gasteiger partial charge in [-0.25, -0.2) is 9.59 Å². The summed E-state index contributed by atoms with van der Waals surface area (Å²) in [6.07, 6.45) is 13.5.